The summed E-state index contributed by atoms with van der Waals surface area (Å²) in [5.74, 6) is 1.50. The molecule has 2 rings (SSSR count). The van der Waals surface area contributed by atoms with E-state index in [2.05, 4.69) is 15.1 Å². The van der Waals surface area contributed by atoms with E-state index in [9.17, 15) is 0 Å². The lowest BCUT2D eigenvalue weighted by Crippen LogP contribution is -2.02. The Bertz CT molecular complexity index is 418. The number of rotatable bonds is 3. The van der Waals surface area contributed by atoms with Crippen LogP contribution in [0.2, 0.25) is 0 Å². The van der Waals surface area contributed by atoms with E-state index in [4.69, 9.17) is 10.3 Å². The molecule has 0 saturated carbocycles. The lowest BCUT2D eigenvalue weighted by molar-refractivity contribution is 0.399. The monoisotopic (exact) mass is 192 g/mol. The smallest absolute Gasteiger partial charge is 0.159 e. The number of imidazole rings is 1. The van der Waals surface area contributed by atoms with Crippen LogP contribution in [-0.2, 0) is 6.42 Å². The van der Waals surface area contributed by atoms with Crippen molar-refractivity contribution in [2.45, 2.75) is 13.3 Å². The fourth-order valence-corrected chi connectivity index (χ4v) is 1.25. The summed E-state index contributed by atoms with van der Waals surface area (Å²) in [6.07, 6.45) is 2.57. The highest BCUT2D eigenvalue weighted by Gasteiger charge is 2.07. The van der Waals surface area contributed by atoms with Crippen molar-refractivity contribution in [2.24, 2.45) is 5.73 Å². The highest BCUT2D eigenvalue weighted by atomic mass is 16.5. The zero-order valence-electron chi connectivity index (χ0n) is 7.95. The molecule has 2 aromatic rings. The van der Waals surface area contributed by atoms with Crippen molar-refractivity contribution in [3.63, 3.8) is 0 Å². The molecule has 0 spiro atoms. The number of aromatic amines is 1. The van der Waals surface area contributed by atoms with Gasteiger partial charge in [0.2, 0.25) is 0 Å². The molecule has 0 radical (unpaired) electrons. The summed E-state index contributed by atoms with van der Waals surface area (Å²) in [5, 5.41) is 3.86. The molecule has 0 aliphatic rings. The summed E-state index contributed by atoms with van der Waals surface area (Å²) in [5.41, 5.74) is 7.18. The Hall–Kier alpha value is -1.62. The van der Waals surface area contributed by atoms with E-state index in [0.29, 0.717) is 6.54 Å². The molecule has 14 heavy (non-hydrogen) atoms. The van der Waals surface area contributed by atoms with E-state index in [-0.39, 0.29) is 0 Å². The van der Waals surface area contributed by atoms with Gasteiger partial charge in [-0.15, -0.1) is 0 Å². The van der Waals surface area contributed by atoms with Crippen LogP contribution in [0, 0.1) is 6.92 Å². The van der Waals surface area contributed by atoms with Crippen molar-refractivity contribution < 1.29 is 4.52 Å². The van der Waals surface area contributed by atoms with Crippen molar-refractivity contribution in [3.05, 3.63) is 23.7 Å². The highest BCUT2D eigenvalue weighted by molar-refractivity contribution is 5.48. The summed E-state index contributed by atoms with van der Waals surface area (Å²) in [6.45, 7) is 2.46. The number of aryl methyl sites for hydroxylation is 1. The Morgan fingerprint density at radius 2 is 2.43 bits per heavy atom. The van der Waals surface area contributed by atoms with Crippen molar-refractivity contribution in [3.8, 4) is 11.5 Å². The zero-order valence-corrected chi connectivity index (χ0v) is 7.95. The van der Waals surface area contributed by atoms with Crippen LogP contribution in [0.5, 0.6) is 0 Å². The van der Waals surface area contributed by atoms with Gasteiger partial charge in [0.05, 0.1) is 0 Å². The van der Waals surface area contributed by atoms with Gasteiger partial charge in [-0.3, -0.25) is 0 Å². The van der Waals surface area contributed by atoms with Crippen molar-refractivity contribution in [2.75, 3.05) is 6.54 Å². The van der Waals surface area contributed by atoms with Gasteiger partial charge in [0, 0.05) is 24.4 Å². The van der Waals surface area contributed by atoms with E-state index < -0.39 is 0 Å². The van der Waals surface area contributed by atoms with E-state index in [1.54, 1.807) is 6.20 Å². The maximum Gasteiger partial charge on any atom is 0.159 e. The van der Waals surface area contributed by atoms with Crippen LogP contribution in [0.4, 0.5) is 0 Å². The molecule has 3 N–H and O–H groups in total. The lowest BCUT2D eigenvalue weighted by atomic mass is 10.3. The molecule has 2 aromatic heterocycles. The first-order chi connectivity index (χ1) is 6.79. The molecule has 0 bridgehead atoms. The Kier molecular flexibility index (Phi) is 2.32. The van der Waals surface area contributed by atoms with Gasteiger partial charge in [0.15, 0.2) is 5.82 Å². The summed E-state index contributed by atoms with van der Waals surface area (Å²) in [4.78, 5) is 7.31. The van der Waals surface area contributed by atoms with Gasteiger partial charge in [-0.05, 0) is 13.5 Å². The molecule has 5 nitrogen and oxygen atoms in total. The molecule has 74 valence electrons. The molecule has 0 unspecified atom stereocenters. The molecule has 0 atom stereocenters. The molecule has 0 fully saturated rings. The summed E-state index contributed by atoms with van der Waals surface area (Å²) in [6, 6.07) is 1.84. The fraction of sp³-hybridized carbons (Fsp3) is 0.333. The Morgan fingerprint density at radius 1 is 1.57 bits per heavy atom. The lowest BCUT2D eigenvalue weighted by Gasteiger charge is -1.89. The standard InChI is InChI=1S/C9H12N4O/c1-6-4-8(13-14-6)9-11-5-7(12-9)2-3-10/h4-5H,2-3,10H2,1H3,(H,11,12). The van der Waals surface area contributed by atoms with Gasteiger partial charge in [-0.25, -0.2) is 4.98 Å². The van der Waals surface area contributed by atoms with Gasteiger partial charge in [-0.2, -0.15) is 0 Å². The summed E-state index contributed by atoms with van der Waals surface area (Å²) >= 11 is 0. The second-order valence-electron chi connectivity index (χ2n) is 3.12. The third-order valence-corrected chi connectivity index (χ3v) is 1.91. The number of nitrogens with two attached hydrogens (primary N) is 1. The van der Waals surface area contributed by atoms with Crippen LogP contribution < -0.4 is 5.73 Å². The number of hydrogen-bond donors (Lipinski definition) is 2. The van der Waals surface area contributed by atoms with Crippen LogP contribution in [0.15, 0.2) is 16.8 Å². The third kappa shape index (κ3) is 1.67. The van der Waals surface area contributed by atoms with Gasteiger partial charge < -0.3 is 15.2 Å². The van der Waals surface area contributed by atoms with Gasteiger partial charge in [0.1, 0.15) is 11.5 Å². The molecule has 0 aliphatic heterocycles. The Morgan fingerprint density at radius 3 is 3.07 bits per heavy atom. The predicted molar refractivity (Wildman–Crippen MR) is 51.6 cm³/mol. The third-order valence-electron chi connectivity index (χ3n) is 1.91. The van der Waals surface area contributed by atoms with Crippen molar-refractivity contribution in [1.82, 2.24) is 15.1 Å². The second kappa shape index (κ2) is 3.63. The Labute approximate surface area is 81.3 Å². The predicted octanol–water partition coefficient (Wildman–Crippen LogP) is 0.874. The van der Waals surface area contributed by atoms with E-state index in [0.717, 1.165) is 29.4 Å². The number of nitrogens with zero attached hydrogens (tertiary/aromatic N) is 2. The van der Waals surface area contributed by atoms with Gasteiger partial charge in [0.25, 0.3) is 0 Å². The molecule has 2 heterocycles. The minimum absolute atomic E-state index is 0.611. The molecule has 0 amide bonds. The summed E-state index contributed by atoms with van der Waals surface area (Å²) < 4.78 is 4.95. The average Bonchev–Trinajstić information content (AvgIpc) is 2.74. The maximum atomic E-state index is 5.43. The number of nitrogens with one attached hydrogen (secondary N) is 1. The Balaban J connectivity index is 2.24. The molecule has 0 aliphatic carbocycles. The first-order valence-electron chi connectivity index (χ1n) is 4.47. The van der Waals surface area contributed by atoms with E-state index in [1.807, 2.05) is 13.0 Å². The van der Waals surface area contributed by atoms with E-state index in [1.165, 1.54) is 0 Å². The SMILES string of the molecule is Cc1cc(-c2ncc(CCN)[nH]2)no1. The van der Waals surface area contributed by atoms with Gasteiger partial charge in [-0.1, -0.05) is 5.16 Å². The number of aromatic nitrogens is 3. The van der Waals surface area contributed by atoms with Crippen molar-refractivity contribution >= 4 is 0 Å². The minimum Gasteiger partial charge on any atom is -0.361 e. The first-order valence-corrected chi connectivity index (χ1v) is 4.47. The van der Waals surface area contributed by atoms with Crippen LogP contribution in [0.25, 0.3) is 11.5 Å². The molecule has 0 aromatic carbocycles. The largest absolute Gasteiger partial charge is 0.361 e. The fourth-order valence-electron chi connectivity index (χ4n) is 1.25. The number of H-pyrrole nitrogens is 1. The number of hydrogen-bond acceptors (Lipinski definition) is 4. The molecule has 0 saturated heterocycles. The zero-order chi connectivity index (χ0) is 9.97. The van der Waals surface area contributed by atoms with E-state index >= 15 is 0 Å². The minimum atomic E-state index is 0.611. The van der Waals surface area contributed by atoms with Crippen LogP contribution >= 0.6 is 0 Å². The molecular weight excluding hydrogens is 180 g/mol. The highest BCUT2D eigenvalue weighted by Crippen LogP contribution is 2.14. The summed E-state index contributed by atoms with van der Waals surface area (Å²) in [7, 11) is 0. The van der Waals surface area contributed by atoms with Crippen LogP contribution in [-0.4, -0.2) is 21.7 Å². The average molecular weight is 192 g/mol. The second-order valence-corrected chi connectivity index (χ2v) is 3.12. The van der Waals surface area contributed by atoms with Gasteiger partial charge >= 0.3 is 0 Å². The normalized spacial score (nSPS) is 10.7. The maximum absolute atomic E-state index is 5.43. The molecule has 5 heteroatoms. The molecular formula is C9H12N4O. The quantitative estimate of drug-likeness (QED) is 0.756. The van der Waals surface area contributed by atoms with Crippen LogP contribution in [0.1, 0.15) is 11.5 Å². The first kappa shape index (κ1) is 8.96. The van der Waals surface area contributed by atoms with Crippen molar-refractivity contribution in [1.29, 1.82) is 0 Å². The topological polar surface area (TPSA) is 80.7 Å². The van der Waals surface area contributed by atoms with Crippen LogP contribution in [0.3, 0.4) is 0 Å².